The van der Waals surface area contributed by atoms with E-state index in [4.69, 9.17) is 23.2 Å². The van der Waals surface area contributed by atoms with Crippen LogP contribution in [0, 0.1) is 0 Å². The van der Waals surface area contributed by atoms with Crippen LogP contribution in [0.3, 0.4) is 0 Å². The zero-order valence-electron chi connectivity index (χ0n) is 10.8. The molecule has 0 amide bonds. The molecule has 0 saturated heterocycles. The average molecular weight is 355 g/mol. The van der Waals surface area contributed by atoms with Gasteiger partial charge >= 0.3 is 6.18 Å². The van der Waals surface area contributed by atoms with Crippen LogP contribution in [-0.2, 0) is 12.6 Å². The Balaban J connectivity index is 2.19. The monoisotopic (exact) mass is 354 g/mol. The van der Waals surface area contributed by atoms with E-state index in [1.807, 2.05) is 0 Å². The van der Waals surface area contributed by atoms with Crippen LogP contribution in [0.2, 0.25) is 10.0 Å². The van der Waals surface area contributed by atoms with Gasteiger partial charge in [-0.1, -0.05) is 29.3 Å². The Morgan fingerprint density at radius 1 is 1.29 bits per heavy atom. The van der Waals surface area contributed by atoms with E-state index in [1.165, 1.54) is 6.20 Å². The van der Waals surface area contributed by atoms with Gasteiger partial charge < -0.3 is 5.32 Å². The summed E-state index contributed by atoms with van der Waals surface area (Å²) in [5, 5.41) is 3.02. The van der Waals surface area contributed by atoms with Crippen molar-refractivity contribution in [2.45, 2.75) is 18.6 Å². The van der Waals surface area contributed by atoms with Crippen molar-refractivity contribution in [2.75, 3.05) is 7.05 Å². The van der Waals surface area contributed by atoms with Crippen molar-refractivity contribution >= 4 is 34.5 Å². The summed E-state index contributed by atoms with van der Waals surface area (Å²) in [6.45, 7) is 0. The number of benzene rings is 1. The van der Waals surface area contributed by atoms with Crippen LogP contribution in [0.1, 0.15) is 21.5 Å². The molecule has 0 aliphatic carbocycles. The number of thiazole rings is 1. The van der Waals surface area contributed by atoms with Crippen LogP contribution in [0.4, 0.5) is 13.2 Å². The first-order valence-electron chi connectivity index (χ1n) is 5.95. The van der Waals surface area contributed by atoms with Crippen LogP contribution in [0.25, 0.3) is 0 Å². The Bertz CT molecular complexity index is 628. The number of hydrogen-bond acceptors (Lipinski definition) is 3. The number of aromatic nitrogens is 1. The molecule has 1 heterocycles. The molecule has 0 aliphatic rings. The summed E-state index contributed by atoms with van der Waals surface area (Å²) in [6, 6.07) is 4.90. The third kappa shape index (κ3) is 4.10. The largest absolute Gasteiger partial charge is 0.443 e. The third-order valence-electron chi connectivity index (χ3n) is 2.88. The standard InChI is InChI=1S/C13H11Cl2F3N2S/c1-19-10(5-7-2-3-8(14)9(15)4-7)11-6-20-12(21-11)13(16,17)18/h2-4,6,10,19H,5H2,1H3. The second kappa shape index (κ2) is 6.52. The molecule has 1 aromatic heterocycles. The maximum absolute atomic E-state index is 12.6. The minimum atomic E-state index is -4.41. The highest BCUT2D eigenvalue weighted by Gasteiger charge is 2.35. The maximum Gasteiger partial charge on any atom is 0.443 e. The molecule has 1 aromatic carbocycles. The topological polar surface area (TPSA) is 24.9 Å². The van der Waals surface area contributed by atoms with Gasteiger partial charge in [-0.05, 0) is 31.2 Å². The second-order valence-electron chi connectivity index (χ2n) is 4.36. The van der Waals surface area contributed by atoms with E-state index >= 15 is 0 Å². The molecule has 21 heavy (non-hydrogen) atoms. The summed E-state index contributed by atoms with van der Waals surface area (Å²) in [5.41, 5.74) is 0.880. The second-order valence-corrected chi connectivity index (χ2v) is 6.24. The number of halogens is 5. The lowest BCUT2D eigenvalue weighted by Crippen LogP contribution is -2.17. The predicted octanol–water partition coefficient (Wildman–Crippen LogP) is 4.97. The molecule has 8 heteroatoms. The van der Waals surface area contributed by atoms with E-state index in [9.17, 15) is 13.2 Å². The number of rotatable bonds is 4. The molecule has 0 bridgehead atoms. The van der Waals surface area contributed by atoms with Gasteiger partial charge in [-0.2, -0.15) is 13.2 Å². The number of nitrogens with one attached hydrogen (secondary N) is 1. The van der Waals surface area contributed by atoms with Crippen LogP contribution < -0.4 is 5.32 Å². The molecule has 2 rings (SSSR count). The first-order chi connectivity index (χ1) is 9.81. The Morgan fingerprint density at radius 2 is 2.00 bits per heavy atom. The van der Waals surface area contributed by atoms with Crippen molar-refractivity contribution in [2.24, 2.45) is 0 Å². The van der Waals surface area contributed by atoms with Gasteiger partial charge in [0.05, 0.1) is 10.0 Å². The minimum Gasteiger partial charge on any atom is -0.312 e. The fourth-order valence-electron chi connectivity index (χ4n) is 1.83. The van der Waals surface area contributed by atoms with Crippen molar-refractivity contribution in [1.29, 1.82) is 0 Å². The van der Waals surface area contributed by atoms with Gasteiger partial charge in [0.25, 0.3) is 0 Å². The Labute approximate surface area is 133 Å². The van der Waals surface area contributed by atoms with E-state index in [0.29, 0.717) is 32.7 Å². The summed E-state index contributed by atoms with van der Waals surface area (Å²) in [6.07, 6.45) is -2.66. The Hall–Kier alpha value is -0.820. The highest BCUT2D eigenvalue weighted by Crippen LogP contribution is 2.35. The lowest BCUT2D eigenvalue weighted by atomic mass is 10.1. The smallest absolute Gasteiger partial charge is 0.312 e. The van der Waals surface area contributed by atoms with Crippen molar-refractivity contribution < 1.29 is 13.2 Å². The summed E-state index contributed by atoms with van der Waals surface area (Å²) < 4.78 is 37.8. The molecule has 114 valence electrons. The summed E-state index contributed by atoms with van der Waals surface area (Å²) >= 11 is 12.4. The first kappa shape index (κ1) is 16.5. The van der Waals surface area contributed by atoms with E-state index < -0.39 is 11.2 Å². The van der Waals surface area contributed by atoms with Crippen molar-refractivity contribution in [1.82, 2.24) is 10.3 Å². The lowest BCUT2D eigenvalue weighted by Gasteiger charge is -2.14. The Morgan fingerprint density at radius 3 is 2.52 bits per heavy atom. The van der Waals surface area contributed by atoms with Crippen molar-refractivity contribution in [3.05, 3.63) is 49.9 Å². The summed E-state index contributed by atoms with van der Waals surface area (Å²) in [4.78, 5) is 3.96. The molecule has 0 spiro atoms. The van der Waals surface area contributed by atoms with Gasteiger partial charge in [0.1, 0.15) is 0 Å². The highest BCUT2D eigenvalue weighted by molar-refractivity contribution is 7.11. The van der Waals surface area contributed by atoms with Gasteiger partial charge in [-0.15, -0.1) is 11.3 Å². The van der Waals surface area contributed by atoms with Gasteiger partial charge in [0.15, 0.2) is 5.01 Å². The fourth-order valence-corrected chi connectivity index (χ4v) is 3.04. The number of likely N-dealkylation sites (N-methyl/N-ethyl adjacent to an activating group) is 1. The summed E-state index contributed by atoms with van der Waals surface area (Å²) in [7, 11) is 1.69. The highest BCUT2D eigenvalue weighted by atomic mass is 35.5. The van der Waals surface area contributed by atoms with Crippen LogP contribution in [-0.4, -0.2) is 12.0 Å². The predicted molar refractivity (Wildman–Crippen MR) is 79.1 cm³/mol. The molecule has 0 aliphatic heterocycles. The number of nitrogens with zero attached hydrogens (tertiary/aromatic N) is 1. The Kier molecular flexibility index (Phi) is 5.14. The van der Waals surface area contributed by atoms with E-state index in [-0.39, 0.29) is 6.04 Å². The normalized spacial score (nSPS) is 13.4. The molecule has 2 aromatic rings. The van der Waals surface area contributed by atoms with Crippen LogP contribution in [0.5, 0.6) is 0 Å². The molecular weight excluding hydrogens is 344 g/mol. The number of alkyl halides is 3. The molecule has 2 nitrogen and oxygen atoms in total. The van der Waals surface area contributed by atoms with E-state index in [0.717, 1.165) is 5.56 Å². The SMILES string of the molecule is CNC(Cc1ccc(Cl)c(Cl)c1)c1cnc(C(F)(F)F)s1. The van der Waals surface area contributed by atoms with Gasteiger partial charge in [0.2, 0.25) is 0 Å². The van der Waals surface area contributed by atoms with Gasteiger partial charge in [0, 0.05) is 17.1 Å². The van der Waals surface area contributed by atoms with Crippen LogP contribution >= 0.6 is 34.5 Å². The number of hydrogen-bond donors (Lipinski definition) is 1. The molecule has 0 radical (unpaired) electrons. The minimum absolute atomic E-state index is 0.268. The van der Waals surface area contributed by atoms with Gasteiger partial charge in [-0.25, -0.2) is 4.98 Å². The van der Waals surface area contributed by atoms with Crippen LogP contribution in [0.15, 0.2) is 24.4 Å². The molecular formula is C13H11Cl2F3N2S. The first-order valence-corrected chi connectivity index (χ1v) is 7.52. The third-order valence-corrected chi connectivity index (χ3v) is 4.78. The zero-order valence-corrected chi connectivity index (χ0v) is 13.2. The van der Waals surface area contributed by atoms with E-state index in [1.54, 1.807) is 25.2 Å². The maximum atomic E-state index is 12.6. The fraction of sp³-hybridized carbons (Fsp3) is 0.308. The molecule has 1 unspecified atom stereocenters. The van der Waals surface area contributed by atoms with Crippen molar-refractivity contribution in [3.8, 4) is 0 Å². The molecule has 0 fully saturated rings. The quantitative estimate of drug-likeness (QED) is 0.838. The lowest BCUT2D eigenvalue weighted by molar-refractivity contribution is -0.137. The zero-order chi connectivity index (χ0) is 15.6. The van der Waals surface area contributed by atoms with Crippen molar-refractivity contribution in [3.63, 3.8) is 0 Å². The summed E-state index contributed by atoms with van der Waals surface area (Å²) in [5.74, 6) is 0. The van der Waals surface area contributed by atoms with Gasteiger partial charge in [-0.3, -0.25) is 0 Å². The average Bonchev–Trinajstić information content (AvgIpc) is 2.89. The molecule has 0 saturated carbocycles. The molecule has 1 N–H and O–H groups in total. The van der Waals surface area contributed by atoms with E-state index in [2.05, 4.69) is 10.3 Å². The molecule has 1 atom stereocenters.